The number of fused-ring (bicyclic) bond motifs is 3. The Morgan fingerprint density at radius 3 is 2.57 bits per heavy atom. The molecular formula is C24H21Cl2N3O. The van der Waals surface area contributed by atoms with E-state index in [1.54, 1.807) is 0 Å². The smallest absolute Gasteiger partial charge is 0.227 e. The highest BCUT2D eigenvalue weighted by Gasteiger charge is 2.23. The van der Waals surface area contributed by atoms with Gasteiger partial charge in [0.05, 0.1) is 11.1 Å². The van der Waals surface area contributed by atoms with Gasteiger partial charge in [-0.3, -0.25) is 4.98 Å². The van der Waals surface area contributed by atoms with Crippen molar-refractivity contribution in [1.82, 2.24) is 14.8 Å². The van der Waals surface area contributed by atoms with Crippen molar-refractivity contribution < 1.29 is 4.74 Å². The lowest BCUT2D eigenvalue weighted by Gasteiger charge is -2.18. The Bertz CT molecular complexity index is 1220. The van der Waals surface area contributed by atoms with Crippen LogP contribution in [0.1, 0.15) is 42.7 Å². The average Bonchev–Trinajstić information content (AvgIpc) is 3.13. The van der Waals surface area contributed by atoms with Gasteiger partial charge in [-0.1, -0.05) is 41.4 Å². The molecule has 152 valence electrons. The zero-order valence-corrected chi connectivity index (χ0v) is 18.1. The Morgan fingerprint density at radius 1 is 1.00 bits per heavy atom. The van der Waals surface area contributed by atoms with Crippen molar-refractivity contribution in [3.63, 3.8) is 0 Å². The van der Waals surface area contributed by atoms with Crippen molar-refractivity contribution in [3.05, 3.63) is 81.6 Å². The molecule has 0 N–H and O–H groups in total. The summed E-state index contributed by atoms with van der Waals surface area (Å²) in [6.45, 7) is 2.00. The molecule has 2 heterocycles. The number of aryl methyl sites for hydroxylation is 2. The van der Waals surface area contributed by atoms with Crippen LogP contribution in [-0.2, 0) is 12.8 Å². The normalized spacial score (nSPS) is 14.5. The number of benzene rings is 2. The summed E-state index contributed by atoms with van der Waals surface area (Å²) in [7, 11) is 0. The van der Waals surface area contributed by atoms with Crippen LogP contribution in [0.5, 0.6) is 5.88 Å². The summed E-state index contributed by atoms with van der Waals surface area (Å²) in [5.41, 5.74) is 5.18. The lowest BCUT2D eigenvalue weighted by Crippen LogP contribution is -2.08. The van der Waals surface area contributed by atoms with Crippen LogP contribution in [0.25, 0.3) is 16.6 Å². The predicted octanol–water partition coefficient (Wildman–Crippen LogP) is 6.75. The third-order valence-corrected chi connectivity index (χ3v) is 6.25. The molecule has 0 spiro atoms. The third-order valence-electron chi connectivity index (χ3n) is 5.65. The fourth-order valence-corrected chi connectivity index (χ4v) is 4.51. The number of pyridine rings is 1. The van der Waals surface area contributed by atoms with Crippen molar-refractivity contribution in [2.45, 2.75) is 38.7 Å². The summed E-state index contributed by atoms with van der Waals surface area (Å²) in [5.74, 6) is 0.667. The van der Waals surface area contributed by atoms with Crippen LogP contribution in [0.2, 0.25) is 10.0 Å². The lowest BCUT2D eigenvalue weighted by atomic mass is 9.95. The molecule has 6 heteroatoms. The second-order valence-corrected chi connectivity index (χ2v) is 8.47. The molecule has 0 amide bonds. The third kappa shape index (κ3) is 3.44. The molecule has 2 aromatic carbocycles. The largest absolute Gasteiger partial charge is 0.469 e. The minimum absolute atomic E-state index is 0.249. The number of ether oxygens (including phenoxy) is 1. The standard InChI is InChI=1S/C24H21Cl2N3O/c1-15(18-6-2-4-8-21(18)26)30-24-20-14-27-22-9-5-3-7-19(22)23(20)28-29(24)17-12-10-16(25)11-13-17/h2,4,6,8,10-15H,3,5,7,9H2,1H3. The molecule has 1 aliphatic carbocycles. The minimum Gasteiger partial charge on any atom is -0.469 e. The highest BCUT2D eigenvalue weighted by atomic mass is 35.5. The van der Waals surface area contributed by atoms with Gasteiger partial charge in [0.1, 0.15) is 11.6 Å². The molecule has 0 fully saturated rings. The number of aromatic nitrogens is 3. The number of halogens is 2. The van der Waals surface area contributed by atoms with Gasteiger partial charge >= 0.3 is 0 Å². The Balaban J connectivity index is 1.67. The van der Waals surface area contributed by atoms with Gasteiger partial charge in [-0.2, -0.15) is 9.78 Å². The second-order valence-electron chi connectivity index (χ2n) is 7.63. The molecule has 0 saturated heterocycles. The highest BCUT2D eigenvalue weighted by molar-refractivity contribution is 6.31. The van der Waals surface area contributed by atoms with Crippen molar-refractivity contribution in [3.8, 4) is 11.6 Å². The van der Waals surface area contributed by atoms with Gasteiger partial charge in [0.15, 0.2) is 0 Å². The van der Waals surface area contributed by atoms with E-state index in [0.29, 0.717) is 15.9 Å². The number of hydrogen-bond donors (Lipinski definition) is 0. The number of rotatable bonds is 4. The van der Waals surface area contributed by atoms with Crippen molar-refractivity contribution in [2.24, 2.45) is 0 Å². The molecular weight excluding hydrogens is 417 g/mol. The van der Waals surface area contributed by atoms with E-state index in [4.69, 9.17) is 38.0 Å². The second kappa shape index (κ2) is 7.93. The molecule has 1 aliphatic rings. The summed E-state index contributed by atoms with van der Waals surface area (Å²) in [6, 6.07) is 15.4. The van der Waals surface area contributed by atoms with Crippen LogP contribution in [-0.4, -0.2) is 14.8 Å². The van der Waals surface area contributed by atoms with E-state index < -0.39 is 0 Å². The summed E-state index contributed by atoms with van der Waals surface area (Å²) in [6.07, 6.45) is 5.99. The summed E-state index contributed by atoms with van der Waals surface area (Å²) in [5, 5.41) is 7.26. The average molecular weight is 438 g/mol. The maximum Gasteiger partial charge on any atom is 0.227 e. The first-order valence-corrected chi connectivity index (χ1v) is 10.9. The first-order chi connectivity index (χ1) is 14.6. The van der Waals surface area contributed by atoms with E-state index >= 15 is 0 Å². The van der Waals surface area contributed by atoms with E-state index in [9.17, 15) is 0 Å². The van der Waals surface area contributed by atoms with Crippen LogP contribution in [0, 0.1) is 0 Å². The van der Waals surface area contributed by atoms with Crippen LogP contribution in [0.15, 0.2) is 54.7 Å². The van der Waals surface area contributed by atoms with E-state index in [2.05, 4.69) is 0 Å². The lowest BCUT2D eigenvalue weighted by molar-refractivity contribution is 0.214. The molecule has 0 radical (unpaired) electrons. The SMILES string of the molecule is CC(Oc1c2cnc3c(c2nn1-c1ccc(Cl)cc1)CCCC3)c1ccccc1Cl. The van der Waals surface area contributed by atoms with Crippen LogP contribution in [0.4, 0.5) is 0 Å². The van der Waals surface area contributed by atoms with E-state index in [1.807, 2.05) is 66.3 Å². The van der Waals surface area contributed by atoms with Crippen LogP contribution in [0.3, 0.4) is 0 Å². The van der Waals surface area contributed by atoms with Gasteiger partial charge < -0.3 is 4.74 Å². The number of nitrogens with zero attached hydrogens (tertiary/aromatic N) is 3. The number of hydrogen-bond acceptors (Lipinski definition) is 3. The van der Waals surface area contributed by atoms with E-state index in [-0.39, 0.29) is 6.10 Å². The molecule has 0 bridgehead atoms. The van der Waals surface area contributed by atoms with Crippen molar-refractivity contribution in [2.75, 3.05) is 0 Å². The first-order valence-electron chi connectivity index (χ1n) is 10.2. The van der Waals surface area contributed by atoms with Gasteiger partial charge in [0.25, 0.3) is 0 Å². The van der Waals surface area contributed by atoms with Crippen LogP contribution < -0.4 is 4.74 Å². The summed E-state index contributed by atoms with van der Waals surface area (Å²) in [4.78, 5) is 4.75. The van der Waals surface area contributed by atoms with Gasteiger partial charge in [0.2, 0.25) is 5.88 Å². The molecule has 30 heavy (non-hydrogen) atoms. The molecule has 2 aromatic heterocycles. The van der Waals surface area contributed by atoms with Gasteiger partial charge in [-0.15, -0.1) is 0 Å². The van der Waals surface area contributed by atoms with Crippen molar-refractivity contribution >= 4 is 34.1 Å². The van der Waals surface area contributed by atoms with Gasteiger partial charge in [-0.25, -0.2) is 0 Å². The van der Waals surface area contributed by atoms with Crippen molar-refractivity contribution in [1.29, 1.82) is 0 Å². The Kier molecular flexibility index (Phi) is 5.13. The predicted molar refractivity (Wildman–Crippen MR) is 121 cm³/mol. The molecule has 4 nitrogen and oxygen atoms in total. The first kappa shape index (κ1) is 19.4. The highest BCUT2D eigenvalue weighted by Crippen LogP contribution is 2.37. The molecule has 4 aromatic rings. The minimum atomic E-state index is -0.249. The Labute approximate surface area is 185 Å². The monoisotopic (exact) mass is 437 g/mol. The Morgan fingerprint density at radius 2 is 1.77 bits per heavy atom. The van der Waals surface area contributed by atoms with Gasteiger partial charge in [0, 0.05) is 33.1 Å². The fraction of sp³-hybridized carbons (Fsp3) is 0.250. The molecule has 0 saturated carbocycles. The maximum absolute atomic E-state index is 6.48. The zero-order valence-electron chi connectivity index (χ0n) is 16.6. The molecule has 0 aliphatic heterocycles. The summed E-state index contributed by atoms with van der Waals surface area (Å²) < 4.78 is 8.34. The zero-order chi connectivity index (χ0) is 20.7. The van der Waals surface area contributed by atoms with Gasteiger partial charge in [-0.05, 0) is 62.9 Å². The fourth-order valence-electron chi connectivity index (χ4n) is 4.09. The van der Waals surface area contributed by atoms with Crippen LogP contribution >= 0.6 is 23.2 Å². The topological polar surface area (TPSA) is 39.9 Å². The van der Waals surface area contributed by atoms with E-state index in [0.717, 1.165) is 47.1 Å². The van der Waals surface area contributed by atoms with E-state index in [1.165, 1.54) is 12.0 Å². The summed E-state index contributed by atoms with van der Waals surface area (Å²) >= 11 is 12.5. The Hall–Kier alpha value is -2.56. The molecule has 5 rings (SSSR count). The quantitative estimate of drug-likeness (QED) is 0.354. The maximum atomic E-state index is 6.48. The molecule has 1 unspecified atom stereocenters. The molecule has 1 atom stereocenters.